The van der Waals surface area contributed by atoms with Gasteiger partial charge >= 0.3 is 0 Å². The first-order valence-corrected chi connectivity index (χ1v) is 6.46. The molecule has 0 aliphatic heterocycles. The second kappa shape index (κ2) is 5.66. The highest BCUT2D eigenvalue weighted by molar-refractivity contribution is 5.48. The van der Waals surface area contributed by atoms with E-state index in [1.807, 2.05) is 32.9 Å². The lowest BCUT2D eigenvalue weighted by molar-refractivity contribution is 0.641. The van der Waals surface area contributed by atoms with Gasteiger partial charge in [0.05, 0.1) is 29.6 Å². The van der Waals surface area contributed by atoms with Gasteiger partial charge in [-0.3, -0.25) is 4.68 Å². The van der Waals surface area contributed by atoms with E-state index < -0.39 is 0 Å². The summed E-state index contributed by atoms with van der Waals surface area (Å²) in [7, 11) is 0. The Bertz CT molecular complexity index is 662. The highest BCUT2D eigenvalue weighted by Gasteiger charge is 2.18. The van der Waals surface area contributed by atoms with Gasteiger partial charge in [-0.1, -0.05) is 26.0 Å². The zero-order chi connectivity index (χ0) is 14.7. The van der Waals surface area contributed by atoms with E-state index in [0.29, 0.717) is 17.8 Å². The maximum absolute atomic E-state index is 11.0. The molecule has 0 radical (unpaired) electrons. The number of nitriles is 1. The molecule has 102 valence electrons. The number of nitroso groups, excluding NO2 is 1. The molecule has 0 fully saturated rings. The van der Waals surface area contributed by atoms with Gasteiger partial charge in [0.2, 0.25) is 0 Å². The number of nitrogens with zero attached hydrogens (tertiary/aromatic N) is 4. The van der Waals surface area contributed by atoms with Crippen molar-refractivity contribution >= 4 is 5.69 Å². The molecule has 2 rings (SSSR count). The lowest BCUT2D eigenvalue weighted by atomic mass is 10.1. The van der Waals surface area contributed by atoms with Crippen LogP contribution in [0.2, 0.25) is 0 Å². The summed E-state index contributed by atoms with van der Waals surface area (Å²) >= 11 is 0. The van der Waals surface area contributed by atoms with Crippen molar-refractivity contribution in [3.05, 3.63) is 51.7 Å². The lowest BCUT2D eigenvalue weighted by Crippen LogP contribution is -2.04. The summed E-state index contributed by atoms with van der Waals surface area (Å²) in [4.78, 5) is 11.0. The van der Waals surface area contributed by atoms with Crippen LogP contribution in [0.25, 0.3) is 0 Å². The minimum atomic E-state index is 0.156. The molecule has 1 aromatic heterocycles. The molecular formula is C15H16N4O. The standard InChI is InChI=1S/C15H16N4O/c1-10(2)14-15(18-20)11(3)19(17-14)9-13-6-4-12(8-16)5-7-13/h4-7,10H,9H2,1-3H3. The van der Waals surface area contributed by atoms with Crippen LogP contribution in [0, 0.1) is 23.2 Å². The summed E-state index contributed by atoms with van der Waals surface area (Å²) in [5.41, 5.74) is 3.60. The van der Waals surface area contributed by atoms with Crippen LogP contribution in [0.15, 0.2) is 29.4 Å². The third kappa shape index (κ3) is 2.59. The molecule has 0 saturated carbocycles. The zero-order valence-electron chi connectivity index (χ0n) is 11.8. The van der Waals surface area contributed by atoms with Crippen LogP contribution in [0.3, 0.4) is 0 Å². The van der Waals surface area contributed by atoms with Crippen molar-refractivity contribution in [2.24, 2.45) is 5.18 Å². The first-order valence-electron chi connectivity index (χ1n) is 6.46. The Morgan fingerprint density at radius 1 is 1.35 bits per heavy atom. The molecule has 5 heteroatoms. The lowest BCUT2D eigenvalue weighted by Gasteiger charge is -2.04. The van der Waals surface area contributed by atoms with Crippen molar-refractivity contribution < 1.29 is 0 Å². The third-order valence-electron chi connectivity index (χ3n) is 3.25. The molecule has 0 aliphatic carbocycles. The van der Waals surface area contributed by atoms with Gasteiger partial charge in [0.15, 0.2) is 5.69 Å². The van der Waals surface area contributed by atoms with Crippen LogP contribution in [-0.2, 0) is 6.54 Å². The summed E-state index contributed by atoms with van der Waals surface area (Å²) in [5, 5.41) is 16.4. The Morgan fingerprint density at radius 3 is 2.45 bits per heavy atom. The highest BCUT2D eigenvalue weighted by Crippen LogP contribution is 2.29. The molecule has 0 bridgehead atoms. The van der Waals surface area contributed by atoms with Gasteiger partial charge in [-0.05, 0) is 35.7 Å². The molecule has 0 spiro atoms. The Hall–Kier alpha value is -2.48. The van der Waals surface area contributed by atoms with Gasteiger partial charge in [0.1, 0.15) is 0 Å². The number of rotatable bonds is 4. The summed E-state index contributed by atoms with van der Waals surface area (Å²) in [5.74, 6) is 0.156. The van der Waals surface area contributed by atoms with Crippen molar-refractivity contribution in [1.82, 2.24) is 9.78 Å². The van der Waals surface area contributed by atoms with Gasteiger partial charge in [0, 0.05) is 0 Å². The van der Waals surface area contributed by atoms with Crippen LogP contribution in [-0.4, -0.2) is 9.78 Å². The van der Waals surface area contributed by atoms with Crippen molar-refractivity contribution in [1.29, 1.82) is 5.26 Å². The van der Waals surface area contributed by atoms with Crippen LogP contribution in [0.5, 0.6) is 0 Å². The van der Waals surface area contributed by atoms with Crippen LogP contribution in [0.4, 0.5) is 5.69 Å². The molecule has 0 aliphatic rings. The van der Waals surface area contributed by atoms with E-state index in [-0.39, 0.29) is 5.92 Å². The average molecular weight is 268 g/mol. The van der Waals surface area contributed by atoms with E-state index in [9.17, 15) is 4.91 Å². The maximum atomic E-state index is 11.0. The summed E-state index contributed by atoms with van der Waals surface area (Å²) in [6.07, 6.45) is 0. The molecule has 1 aromatic carbocycles. The van der Waals surface area contributed by atoms with E-state index in [4.69, 9.17) is 5.26 Å². The molecule has 1 heterocycles. The molecule has 0 atom stereocenters. The summed E-state index contributed by atoms with van der Waals surface area (Å²) in [6.45, 7) is 6.39. The molecule has 20 heavy (non-hydrogen) atoms. The van der Waals surface area contributed by atoms with Crippen LogP contribution < -0.4 is 0 Å². The highest BCUT2D eigenvalue weighted by atomic mass is 16.3. The molecular weight excluding hydrogens is 252 g/mol. The molecule has 2 aromatic rings. The van der Waals surface area contributed by atoms with E-state index in [2.05, 4.69) is 16.3 Å². The van der Waals surface area contributed by atoms with E-state index in [1.165, 1.54) is 0 Å². The van der Waals surface area contributed by atoms with Crippen molar-refractivity contribution in [3.63, 3.8) is 0 Å². The minimum absolute atomic E-state index is 0.156. The Labute approximate surface area is 117 Å². The number of hydrogen-bond donors (Lipinski definition) is 0. The minimum Gasteiger partial charge on any atom is -0.263 e. The normalized spacial score (nSPS) is 10.6. The molecule has 0 amide bonds. The monoisotopic (exact) mass is 268 g/mol. The van der Waals surface area contributed by atoms with Gasteiger partial charge < -0.3 is 0 Å². The van der Waals surface area contributed by atoms with Crippen molar-refractivity contribution in [2.75, 3.05) is 0 Å². The number of hydrogen-bond acceptors (Lipinski definition) is 4. The quantitative estimate of drug-likeness (QED) is 0.795. The Kier molecular flexibility index (Phi) is 3.94. The van der Waals surface area contributed by atoms with E-state index in [1.54, 1.807) is 16.8 Å². The predicted molar refractivity (Wildman–Crippen MR) is 76.8 cm³/mol. The fraction of sp³-hybridized carbons (Fsp3) is 0.333. The Balaban J connectivity index is 2.33. The first-order chi connectivity index (χ1) is 9.56. The van der Waals surface area contributed by atoms with E-state index in [0.717, 1.165) is 17.0 Å². The SMILES string of the molecule is Cc1c(N=O)c(C(C)C)nn1Cc1ccc(C#N)cc1. The molecule has 0 unspecified atom stereocenters. The molecule has 0 N–H and O–H groups in total. The topological polar surface area (TPSA) is 71.0 Å². The van der Waals surface area contributed by atoms with Gasteiger partial charge in [-0.25, -0.2) is 0 Å². The fourth-order valence-corrected chi connectivity index (χ4v) is 2.07. The van der Waals surface area contributed by atoms with Gasteiger partial charge in [0.25, 0.3) is 0 Å². The van der Waals surface area contributed by atoms with Crippen molar-refractivity contribution in [2.45, 2.75) is 33.2 Å². The second-order valence-corrected chi connectivity index (χ2v) is 5.03. The van der Waals surface area contributed by atoms with Crippen LogP contribution >= 0.6 is 0 Å². The molecule has 5 nitrogen and oxygen atoms in total. The molecule has 0 saturated heterocycles. The van der Waals surface area contributed by atoms with Crippen molar-refractivity contribution in [3.8, 4) is 6.07 Å². The van der Waals surface area contributed by atoms with E-state index >= 15 is 0 Å². The summed E-state index contributed by atoms with van der Waals surface area (Å²) < 4.78 is 1.79. The summed E-state index contributed by atoms with van der Waals surface area (Å²) in [6, 6.07) is 9.42. The maximum Gasteiger partial charge on any atom is 0.152 e. The zero-order valence-corrected chi connectivity index (χ0v) is 11.8. The average Bonchev–Trinajstić information content (AvgIpc) is 2.76. The first kappa shape index (κ1) is 13.9. The van der Waals surface area contributed by atoms with Gasteiger partial charge in [-0.2, -0.15) is 10.4 Å². The predicted octanol–water partition coefficient (Wildman–Crippen LogP) is 3.63. The third-order valence-corrected chi connectivity index (χ3v) is 3.25. The number of benzene rings is 1. The largest absolute Gasteiger partial charge is 0.263 e. The Morgan fingerprint density at radius 2 is 2.00 bits per heavy atom. The fourth-order valence-electron chi connectivity index (χ4n) is 2.07. The van der Waals surface area contributed by atoms with Gasteiger partial charge in [-0.15, -0.1) is 4.91 Å². The second-order valence-electron chi connectivity index (χ2n) is 5.03. The van der Waals surface area contributed by atoms with Crippen LogP contribution in [0.1, 0.15) is 42.3 Å². The number of aromatic nitrogens is 2. The smallest absolute Gasteiger partial charge is 0.152 e.